The van der Waals surface area contributed by atoms with Crippen LogP contribution in [0.5, 0.6) is 0 Å². The summed E-state index contributed by atoms with van der Waals surface area (Å²) < 4.78 is 0. The van der Waals surface area contributed by atoms with Crippen molar-refractivity contribution in [3.63, 3.8) is 0 Å². The average Bonchev–Trinajstić information content (AvgIpc) is 3.41. The molecule has 2 amide bonds. The van der Waals surface area contributed by atoms with E-state index in [9.17, 15) is 9.59 Å². The van der Waals surface area contributed by atoms with Crippen LogP contribution < -0.4 is 5.32 Å². The molecule has 4 nitrogen and oxygen atoms in total. The summed E-state index contributed by atoms with van der Waals surface area (Å²) in [6.07, 6.45) is 11.8. The zero-order valence-electron chi connectivity index (χ0n) is 15.3. The molecule has 0 radical (unpaired) electrons. The predicted octanol–water partition coefficient (Wildman–Crippen LogP) is 2.97. The highest BCUT2D eigenvalue weighted by molar-refractivity contribution is 5.80. The second-order valence-corrected chi connectivity index (χ2v) is 9.77. The van der Waals surface area contributed by atoms with Crippen LogP contribution in [0.3, 0.4) is 0 Å². The van der Waals surface area contributed by atoms with E-state index in [4.69, 9.17) is 0 Å². The zero-order chi connectivity index (χ0) is 17.0. The van der Waals surface area contributed by atoms with Crippen molar-refractivity contribution in [2.75, 3.05) is 13.1 Å². The fourth-order valence-corrected chi connectivity index (χ4v) is 6.53. The Morgan fingerprint density at radius 2 is 1.44 bits per heavy atom. The lowest BCUT2D eigenvalue weighted by molar-refractivity contribution is -0.137. The molecule has 4 heteroatoms. The van der Waals surface area contributed by atoms with Crippen LogP contribution in [0.15, 0.2) is 0 Å². The molecule has 0 spiro atoms. The predicted molar refractivity (Wildman–Crippen MR) is 95.6 cm³/mol. The van der Waals surface area contributed by atoms with Crippen molar-refractivity contribution in [1.82, 2.24) is 10.2 Å². The Morgan fingerprint density at radius 1 is 0.840 bits per heavy atom. The van der Waals surface area contributed by atoms with Crippen LogP contribution >= 0.6 is 0 Å². The molecule has 138 valence electrons. The van der Waals surface area contributed by atoms with E-state index in [2.05, 4.69) is 5.32 Å². The highest BCUT2D eigenvalue weighted by Gasteiger charge is 2.49. The zero-order valence-corrected chi connectivity index (χ0v) is 15.3. The van der Waals surface area contributed by atoms with Gasteiger partial charge < -0.3 is 10.2 Å². The topological polar surface area (TPSA) is 49.4 Å². The van der Waals surface area contributed by atoms with Gasteiger partial charge >= 0.3 is 0 Å². The first-order valence-electron chi connectivity index (χ1n) is 10.7. The minimum atomic E-state index is 0.127. The van der Waals surface area contributed by atoms with Gasteiger partial charge in [-0.05, 0) is 87.4 Å². The second kappa shape index (κ2) is 6.28. The van der Waals surface area contributed by atoms with E-state index in [0.29, 0.717) is 17.9 Å². The van der Waals surface area contributed by atoms with Crippen molar-refractivity contribution in [3.8, 4) is 0 Å². The maximum atomic E-state index is 12.8. The first-order chi connectivity index (χ1) is 12.2. The molecule has 0 aromatic carbocycles. The normalized spacial score (nSPS) is 40.3. The Morgan fingerprint density at radius 3 is 2.00 bits per heavy atom. The van der Waals surface area contributed by atoms with Gasteiger partial charge in [-0.15, -0.1) is 0 Å². The highest BCUT2D eigenvalue weighted by Crippen LogP contribution is 2.53. The van der Waals surface area contributed by atoms with Crippen LogP contribution in [0.4, 0.5) is 0 Å². The Labute approximate surface area is 151 Å². The van der Waals surface area contributed by atoms with Gasteiger partial charge in [0.15, 0.2) is 0 Å². The van der Waals surface area contributed by atoms with Crippen molar-refractivity contribution in [1.29, 1.82) is 0 Å². The number of nitrogens with one attached hydrogen (secondary N) is 1. The maximum Gasteiger partial charge on any atom is 0.223 e. The molecule has 1 saturated heterocycles. The standard InChI is InChI=1S/C21H32N2O2/c24-19(12-13-1-2-13)23-5-3-16(4-6-23)21(25)22-20-17-8-14-7-15(10-17)11-18(20)9-14/h13-18,20H,1-12H2,(H,22,25). The maximum absolute atomic E-state index is 12.8. The molecule has 0 aromatic rings. The third-order valence-corrected chi connectivity index (χ3v) is 7.91. The number of rotatable bonds is 4. The average molecular weight is 344 g/mol. The number of carbonyl (C=O) groups is 2. The number of amides is 2. The van der Waals surface area contributed by atoms with Gasteiger partial charge in [-0.2, -0.15) is 0 Å². The lowest BCUT2D eigenvalue weighted by Crippen LogP contribution is -2.57. The number of nitrogens with zero attached hydrogens (tertiary/aromatic N) is 1. The molecule has 0 atom stereocenters. The fraction of sp³-hybridized carbons (Fsp3) is 0.905. The molecule has 1 heterocycles. The van der Waals surface area contributed by atoms with E-state index in [0.717, 1.165) is 56.0 Å². The van der Waals surface area contributed by atoms with E-state index < -0.39 is 0 Å². The number of hydrogen-bond donors (Lipinski definition) is 1. The number of likely N-dealkylation sites (tertiary alicyclic amines) is 1. The fourth-order valence-electron chi connectivity index (χ4n) is 6.53. The highest BCUT2D eigenvalue weighted by atomic mass is 16.2. The summed E-state index contributed by atoms with van der Waals surface area (Å²) in [6, 6.07) is 0.454. The summed E-state index contributed by atoms with van der Waals surface area (Å²) in [5.74, 6) is 4.80. The van der Waals surface area contributed by atoms with Crippen molar-refractivity contribution in [2.24, 2.45) is 35.5 Å². The first kappa shape index (κ1) is 16.1. The molecule has 6 rings (SSSR count). The van der Waals surface area contributed by atoms with Crippen LogP contribution in [0.25, 0.3) is 0 Å². The smallest absolute Gasteiger partial charge is 0.223 e. The SMILES string of the molecule is O=C(NC1C2CC3CC(C2)CC1C3)C1CCN(C(=O)CC2CC2)CC1. The van der Waals surface area contributed by atoms with Gasteiger partial charge in [0, 0.05) is 31.5 Å². The minimum absolute atomic E-state index is 0.127. The molecule has 25 heavy (non-hydrogen) atoms. The molecule has 5 aliphatic carbocycles. The van der Waals surface area contributed by atoms with Gasteiger partial charge in [0.05, 0.1) is 0 Å². The summed E-state index contributed by atoms with van der Waals surface area (Å²) in [4.78, 5) is 27.1. The molecular formula is C21H32N2O2. The molecule has 0 unspecified atom stereocenters. The van der Waals surface area contributed by atoms with Crippen molar-refractivity contribution in [2.45, 2.75) is 70.3 Å². The largest absolute Gasteiger partial charge is 0.353 e. The number of hydrogen-bond acceptors (Lipinski definition) is 2. The summed E-state index contributed by atoms with van der Waals surface area (Å²) in [5, 5.41) is 3.48. The van der Waals surface area contributed by atoms with Crippen LogP contribution in [0.2, 0.25) is 0 Å². The van der Waals surface area contributed by atoms with Gasteiger partial charge in [-0.3, -0.25) is 9.59 Å². The molecule has 6 fully saturated rings. The summed E-state index contributed by atoms with van der Waals surface area (Å²) in [6.45, 7) is 1.57. The Kier molecular flexibility index (Phi) is 4.05. The van der Waals surface area contributed by atoms with Crippen LogP contribution in [-0.4, -0.2) is 35.8 Å². The Hall–Kier alpha value is -1.06. The van der Waals surface area contributed by atoms with Crippen molar-refractivity contribution < 1.29 is 9.59 Å². The third-order valence-electron chi connectivity index (χ3n) is 7.91. The Bertz CT molecular complexity index is 520. The molecule has 4 bridgehead atoms. The van der Waals surface area contributed by atoms with Crippen LogP contribution in [0, 0.1) is 35.5 Å². The van der Waals surface area contributed by atoms with Gasteiger partial charge in [-0.1, -0.05) is 0 Å². The molecule has 0 aromatic heterocycles. The van der Waals surface area contributed by atoms with Gasteiger partial charge in [0.2, 0.25) is 11.8 Å². The lowest BCUT2D eigenvalue weighted by atomic mass is 9.54. The van der Waals surface area contributed by atoms with Crippen LogP contribution in [-0.2, 0) is 9.59 Å². The van der Waals surface area contributed by atoms with Crippen LogP contribution in [0.1, 0.15) is 64.2 Å². The van der Waals surface area contributed by atoms with E-state index in [1.165, 1.54) is 44.9 Å². The van der Waals surface area contributed by atoms with E-state index in [1.54, 1.807) is 0 Å². The third kappa shape index (κ3) is 3.21. The summed E-state index contributed by atoms with van der Waals surface area (Å²) in [5.41, 5.74) is 0. The number of carbonyl (C=O) groups excluding carboxylic acids is 2. The van der Waals surface area contributed by atoms with E-state index in [-0.39, 0.29) is 11.8 Å². The van der Waals surface area contributed by atoms with E-state index >= 15 is 0 Å². The lowest BCUT2D eigenvalue weighted by Gasteiger charge is -2.54. The van der Waals surface area contributed by atoms with Gasteiger partial charge in [-0.25, -0.2) is 0 Å². The molecule has 1 N–H and O–H groups in total. The van der Waals surface area contributed by atoms with Gasteiger partial charge in [0.1, 0.15) is 0 Å². The van der Waals surface area contributed by atoms with E-state index in [1.807, 2.05) is 4.90 Å². The quantitative estimate of drug-likeness (QED) is 0.852. The summed E-state index contributed by atoms with van der Waals surface area (Å²) in [7, 11) is 0. The monoisotopic (exact) mass is 344 g/mol. The Balaban J connectivity index is 1.13. The minimum Gasteiger partial charge on any atom is -0.353 e. The first-order valence-corrected chi connectivity index (χ1v) is 10.7. The number of piperidine rings is 1. The van der Waals surface area contributed by atoms with Crippen molar-refractivity contribution >= 4 is 11.8 Å². The molecular weight excluding hydrogens is 312 g/mol. The molecule has 5 saturated carbocycles. The van der Waals surface area contributed by atoms with Gasteiger partial charge in [0.25, 0.3) is 0 Å². The second-order valence-electron chi connectivity index (χ2n) is 9.77. The molecule has 1 aliphatic heterocycles. The summed E-state index contributed by atoms with van der Waals surface area (Å²) >= 11 is 0. The molecule has 6 aliphatic rings. The van der Waals surface area contributed by atoms with Crippen molar-refractivity contribution in [3.05, 3.63) is 0 Å².